The van der Waals surface area contributed by atoms with Crippen LogP contribution in [0.4, 0.5) is 17.1 Å². The molecule has 0 aliphatic carbocycles. The Hall–Kier alpha value is -10.8. The zero-order chi connectivity index (χ0) is 55.9. The first-order valence-electron chi connectivity index (χ1n) is 28.9. The third-order valence-electron chi connectivity index (χ3n) is 17.9. The highest BCUT2D eigenvalue weighted by Gasteiger charge is 2.43. The number of rotatable bonds is 6. The van der Waals surface area contributed by atoms with E-state index in [0.29, 0.717) is 5.56 Å². The van der Waals surface area contributed by atoms with Gasteiger partial charge in [-0.25, -0.2) is 0 Å². The molecule has 2 aliphatic heterocycles. The molecule has 5 heterocycles. The van der Waals surface area contributed by atoms with E-state index in [1.165, 1.54) is 32.6 Å². The molecule has 0 saturated carbocycles. The van der Waals surface area contributed by atoms with Crippen molar-refractivity contribution < 1.29 is 4.74 Å². The highest BCUT2D eigenvalue weighted by molar-refractivity contribution is 6.99. The second-order valence-corrected chi connectivity index (χ2v) is 23.5. The minimum absolute atomic E-state index is 0.121. The largest absolute Gasteiger partial charge is 0.458 e. The Kier molecular flexibility index (Phi) is 10.3. The predicted molar refractivity (Wildman–Crippen MR) is 350 cm³/mol. The number of benzene rings is 12. The molecule has 0 saturated heterocycles. The zero-order valence-corrected chi connectivity index (χ0v) is 46.5. The second-order valence-electron chi connectivity index (χ2n) is 23.5. The van der Waals surface area contributed by atoms with Gasteiger partial charge in [0.1, 0.15) is 11.5 Å². The molecule has 3 aromatic heterocycles. The number of hydrogen-bond acceptors (Lipinski definition) is 3. The molecule has 0 spiro atoms. The lowest BCUT2D eigenvalue weighted by atomic mass is 9.34. The van der Waals surface area contributed by atoms with E-state index in [4.69, 9.17) is 4.74 Å². The van der Waals surface area contributed by atoms with Crippen molar-refractivity contribution in [2.45, 2.75) is 26.2 Å². The Labute approximate surface area is 486 Å². The standard InChI is InChI=1S/C77H52BN5O/c1-77(2,3)51-37-39-62-73(45-51)84-74-44-50(54-28-19-35-70(81-65-31-15-8-23-55(65)56-24-9-16-32-66(56)81)76(54)83-67-33-17-10-25-57(67)58-26-11-18-34-68(58)83)43-72-75(74)78(62)61-40-38-52(80-64-30-14-12-27-59(64)60-42-48(47-79)36-41-69(60)80)46-71(61)82(72)63-29-13-7-22-53(63)49-20-5-4-6-21-49/h4-46H,1-3H3. The summed E-state index contributed by atoms with van der Waals surface area (Å²) in [6, 6.07) is 97.6. The molecule has 394 valence electrons. The third-order valence-corrected chi connectivity index (χ3v) is 17.9. The quantitative estimate of drug-likeness (QED) is 0.156. The van der Waals surface area contributed by atoms with Crippen molar-refractivity contribution in [1.29, 1.82) is 5.26 Å². The SMILES string of the molecule is CC(C)(C)c1ccc2c(c1)Oc1cc(-c3cccc(-n4c5ccccc5c5ccccc54)c3-n3c4ccccc4c4ccccc43)cc3c1B2c1ccc(-n2c4ccccc4c4cc(C#N)ccc42)cc1N3c1ccccc1-c1ccccc1. The molecular formula is C77H52BN5O. The normalized spacial score (nSPS) is 12.7. The Morgan fingerprint density at radius 2 is 0.929 bits per heavy atom. The van der Waals surface area contributed by atoms with Gasteiger partial charge < -0.3 is 23.3 Å². The molecule has 17 rings (SSSR count). The van der Waals surface area contributed by atoms with Crippen molar-refractivity contribution in [1.82, 2.24) is 13.7 Å². The Morgan fingerprint density at radius 3 is 1.58 bits per heavy atom. The number of nitrogens with zero attached hydrogens (tertiary/aromatic N) is 5. The Morgan fingerprint density at radius 1 is 0.381 bits per heavy atom. The van der Waals surface area contributed by atoms with Gasteiger partial charge in [-0.3, -0.25) is 0 Å². The monoisotopic (exact) mass is 1070 g/mol. The van der Waals surface area contributed by atoms with Gasteiger partial charge >= 0.3 is 0 Å². The number of aromatic nitrogens is 3. The van der Waals surface area contributed by atoms with Crippen LogP contribution < -0.4 is 26.0 Å². The number of ether oxygens (including phenoxy) is 1. The van der Waals surface area contributed by atoms with Crippen LogP contribution in [0.25, 0.3) is 105 Å². The van der Waals surface area contributed by atoms with Crippen LogP contribution >= 0.6 is 0 Å². The molecule has 0 amide bonds. The predicted octanol–water partition coefficient (Wildman–Crippen LogP) is 17.9. The molecule has 84 heavy (non-hydrogen) atoms. The van der Waals surface area contributed by atoms with Crippen LogP contribution in [-0.2, 0) is 5.41 Å². The van der Waals surface area contributed by atoms with Crippen molar-refractivity contribution in [2.75, 3.05) is 4.90 Å². The first-order chi connectivity index (χ1) is 41.3. The van der Waals surface area contributed by atoms with Gasteiger partial charge in [0.25, 0.3) is 6.71 Å². The highest BCUT2D eigenvalue weighted by atomic mass is 16.5. The van der Waals surface area contributed by atoms with Crippen molar-refractivity contribution in [3.63, 3.8) is 0 Å². The molecule has 15 aromatic rings. The smallest absolute Gasteiger partial charge is 0.256 e. The van der Waals surface area contributed by atoms with Gasteiger partial charge in [-0.2, -0.15) is 5.26 Å². The van der Waals surface area contributed by atoms with Crippen LogP contribution in [0.2, 0.25) is 0 Å². The topological polar surface area (TPSA) is 51.1 Å². The molecule has 0 N–H and O–H groups in total. The highest BCUT2D eigenvalue weighted by Crippen LogP contribution is 2.50. The summed E-state index contributed by atoms with van der Waals surface area (Å²) in [6.45, 7) is 6.65. The van der Waals surface area contributed by atoms with E-state index in [0.717, 1.165) is 123 Å². The number of nitriles is 1. The molecule has 7 heteroatoms. The lowest BCUT2D eigenvalue weighted by molar-refractivity contribution is 0.483. The molecular weight excluding hydrogens is 1020 g/mol. The van der Waals surface area contributed by atoms with E-state index < -0.39 is 0 Å². The Bertz CT molecular complexity index is 5210. The average molecular weight is 1070 g/mol. The maximum atomic E-state index is 10.1. The summed E-state index contributed by atoms with van der Waals surface area (Å²) in [6.07, 6.45) is 0. The Balaban J connectivity index is 1.01. The summed E-state index contributed by atoms with van der Waals surface area (Å²) in [5, 5.41) is 17.1. The lowest BCUT2D eigenvalue weighted by Crippen LogP contribution is -2.59. The van der Waals surface area contributed by atoms with Crippen LogP contribution in [0.5, 0.6) is 11.5 Å². The third kappa shape index (κ3) is 6.98. The van der Waals surface area contributed by atoms with E-state index >= 15 is 0 Å². The molecule has 0 unspecified atom stereocenters. The van der Waals surface area contributed by atoms with E-state index in [1.807, 2.05) is 12.1 Å². The van der Waals surface area contributed by atoms with Crippen molar-refractivity contribution in [2.24, 2.45) is 0 Å². The van der Waals surface area contributed by atoms with Crippen LogP contribution in [0.15, 0.2) is 261 Å². The number of hydrogen-bond donors (Lipinski definition) is 0. The molecule has 6 nitrogen and oxygen atoms in total. The van der Waals surface area contributed by atoms with Gasteiger partial charge in [0.2, 0.25) is 0 Å². The van der Waals surface area contributed by atoms with Gasteiger partial charge in [-0.15, -0.1) is 0 Å². The van der Waals surface area contributed by atoms with Crippen molar-refractivity contribution in [3.05, 3.63) is 272 Å². The summed E-state index contributed by atoms with van der Waals surface area (Å²) < 4.78 is 14.9. The summed E-state index contributed by atoms with van der Waals surface area (Å²) in [5.74, 6) is 1.70. The fourth-order valence-corrected chi connectivity index (χ4v) is 14.1. The molecule has 12 aromatic carbocycles. The number of para-hydroxylation sites is 7. The van der Waals surface area contributed by atoms with E-state index in [-0.39, 0.29) is 12.1 Å². The van der Waals surface area contributed by atoms with Crippen LogP contribution in [0, 0.1) is 11.3 Å². The fourth-order valence-electron chi connectivity index (χ4n) is 14.1. The van der Waals surface area contributed by atoms with E-state index in [1.54, 1.807) is 0 Å². The minimum atomic E-state index is -0.178. The summed E-state index contributed by atoms with van der Waals surface area (Å²) in [5.41, 5.74) is 22.5. The first-order valence-corrected chi connectivity index (χ1v) is 28.9. The molecule has 0 atom stereocenters. The molecule has 0 bridgehead atoms. The summed E-state index contributed by atoms with van der Waals surface area (Å²) in [7, 11) is 0. The van der Waals surface area contributed by atoms with Gasteiger partial charge in [0.15, 0.2) is 0 Å². The molecule has 2 aliphatic rings. The fraction of sp³-hybridized carbons (Fsp3) is 0.0519. The number of anilines is 3. The van der Waals surface area contributed by atoms with Crippen molar-refractivity contribution in [3.8, 4) is 56.9 Å². The summed E-state index contributed by atoms with van der Waals surface area (Å²) >= 11 is 0. The second kappa shape index (κ2) is 18.1. The first kappa shape index (κ1) is 48.0. The van der Waals surface area contributed by atoms with Gasteiger partial charge in [0.05, 0.1) is 61.8 Å². The average Bonchev–Trinajstić information content (AvgIpc) is 1.47. The lowest BCUT2D eigenvalue weighted by Gasteiger charge is -2.41. The maximum absolute atomic E-state index is 10.1. The number of fused-ring (bicyclic) bond motifs is 13. The van der Waals surface area contributed by atoms with E-state index in [9.17, 15) is 5.26 Å². The van der Waals surface area contributed by atoms with E-state index in [2.05, 4.69) is 294 Å². The van der Waals surface area contributed by atoms with Gasteiger partial charge in [-0.1, -0.05) is 191 Å². The van der Waals surface area contributed by atoms with Crippen LogP contribution in [0.3, 0.4) is 0 Å². The van der Waals surface area contributed by atoms with Gasteiger partial charge in [0, 0.05) is 60.5 Å². The van der Waals surface area contributed by atoms with Crippen LogP contribution in [-0.4, -0.2) is 20.4 Å². The van der Waals surface area contributed by atoms with Crippen LogP contribution in [0.1, 0.15) is 31.9 Å². The molecule has 0 radical (unpaired) electrons. The van der Waals surface area contributed by atoms with Crippen molar-refractivity contribution >= 4 is 106 Å². The van der Waals surface area contributed by atoms with Gasteiger partial charge in [-0.05, 0) is 129 Å². The minimum Gasteiger partial charge on any atom is -0.458 e. The molecule has 0 fully saturated rings. The maximum Gasteiger partial charge on any atom is 0.256 e. The summed E-state index contributed by atoms with van der Waals surface area (Å²) in [4.78, 5) is 2.52. The zero-order valence-electron chi connectivity index (χ0n) is 46.5.